The van der Waals surface area contributed by atoms with Crippen molar-refractivity contribution in [1.82, 2.24) is 14.8 Å². The van der Waals surface area contributed by atoms with E-state index in [0.29, 0.717) is 30.2 Å². The highest BCUT2D eigenvalue weighted by Crippen LogP contribution is 2.35. The van der Waals surface area contributed by atoms with Crippen LogP contribution in [0.25, 0.3) is 10.2 Å². The Labute approximate surface area is 191 Å². The Balaban J connectivity index is 1.48. The monoisotopic (exact) mass is 455 g/mol. The number of nitrogens with zero attached hydrogens (tertiary/aromatic N) is 2. The van der Waals surface area contributed by atoms with E-state index in [1.807, 2.05) is 53.3 Å². The van der Waals surface area contributed by atoms with Crippen LogP contribution in [0.15, 0.2) is 41.8 Å². The lowest BCUT2D eigenvalue weighted by Gasteiger charge is -2.44. The molecule has 1 aromatic carbocycles. The number of carbonyl (C=O) groups excluding carboxylic acids is 2. The van der Waals surface area contributed by atoms with Crippen molar-refractivity contribution in [3.63, 3.8) is 0 Å². The van der Waals surface area contributed by atoms with Gasteiger partial charge in [-0.05, 0) is 61.4 Å². The van der Waals surface area contributed by atoms with Crippen molar-refractivity contribution < 1.29 is 9.59 Å². The SMILES string of the molecule is CC1(C(=O)NC2CCCC2)Cn2c(cc3ccsc32)C(=O)N1CCc1ccc(Cl)cc1. The van der Waals surface area contributed by atoms with E-state index in [9.17, 15) is 9.59 Å². The highest BCUT2D eigenvalue weighted by molar-refractivity contribution is 7.16. The molecule has 7 heteroatoms. The Bertz CT molecular complexity index is 1130. The number of hydrogen-bond donors (Lipinski definition) is 1. The third kappa shape index (κ3) is 3.66. The Morgan fingerprint density at radius 1 is 1.23 bits per heavy atom. The van der Waals surface area contributed by atoms with Crippen LogP contribution < -0.4 is 5.32 Å². The van der Waals surface area contributed by atoms with Gasteiger partial charge in [0, 0.05) is 23.0 Å². The van der Waals surface area contributed by atoms with E-state index in [-0.39, 0.29) is 17.9 Å². The number of thiophene rings is 1. The molecule has 5 rings (SSSR count). The van der Waals surface area contributed by atoms with Crippen LogP contribution in [0.4, 0.5) is 0 Å². The minimum absolute atomic E-state index is 0.0482. The lowest BCUT2D eigenvalue weighted by atomic mass is 9.93. The first-order valence-corrected chi connectivity index (χ1v) is 12.2. The van der Waals surface area contributed by atoms with Crippen LogP contribution in [-0.2, 0) is 17.8 Å². The molecule has 1 aliphatic heterocycles. The zero-order chi connectivity index (χ0) is 21.6. The van der Waals surface area contributed by atoms with E-state index in [1.165, 1.54) is 0 Å². The van der Waals surface area contributed by atoms with Gasteiger partial charge in [0.15, 0.2) is 0 Å². The third-order valence-electron chi connectivity index (χ3n) is 6.75. The van der Waals surface area contributed by atoms with E-state index in [0.717, 1.165) is 41.5 Å². The van der Waals surface area contributed by atoms with Gasteiger partial charge in [0.05, 0.1) is 6.54 Å². The second kappa shape index (κ2) is 7.99. The third-order valence-corrected chi connectivity index (χ3v) is 7.95. The second-order valence-electron chi connectivity index (χ2n) is 8.86. The largest absolute Gasteiger partial charge is 0.351 e. The summed E-state index contributed by atoms with van der Waals surface area (Å²) < 4.78 is 2.04. The van der Waals surface area contributed by atoms with E-state index in [2.05, 4.69) is 5.32 Å². The van der Waals surface area contributed by atoms with Crippen molar-refractivity contribution in [2.24, 2.45) is 0 Å². The van der Waals surface area contributed by atoms with Gasteiger partial charge in [-0.3, -0.25) is 9.59 Å². The summed E-state index contributed by atoms with van der Waals surface area (Å²) in [6.45, 7) is 2.87. The molecule has 2 aromatic heterocycles. The molecule has 162 valence electrons. The summed E-state index contributed by atoms with van der Waals surface area (Å²) in [5, 5.41) is 7.04. The normalized spacial score (nSPS) is 21.6. The second-order valence-corrected chi connectivity index (χ2v) is 10.2. The van der Waals surface area contributed by atoms with Crippen LogP contribution >= 0.6 is 22.9 Å². The van der Waals surface area contributed by atoms with Gasteiger partial charge in [-0.25, -0.2) is 0 Å². The number of halogens is 1. The molecule has 3 heterocycles. The van der Waals surface area contributed by atoms with Gasteiger partial charge in [0.25, 0.3) is 5.91 Å². The van der Waals surface area contributed by atoms with Crippen molar-refractivity contribution in [3.05, 3.63) is 58.1 Å². The molecule has 1 N–H and O–H groups in total. The Hall–Kier alpha value is -2.31. The van der Waals surface area contributed by atoms with Crippen LogP contribution in [0.5, 0.6) is 0 Å². The Kier molecular flexibility index (Phi) is 5.30. The minimum atomic E-state index is -0.935. The topological polar surface area (TPSA) is 54.3 Å². The number of amides is 2. The maximum atomic E-state index is 13.6. The summed E-state index contributed by atoms with van der Waals surface area (Å²) in [6, 6.07) is 11.9. The molecule has 5 nitrogen and oxygen atoms in total. The lowest BCUT2D eigenvalue weighted by Crippen LogP contribution is -2.65. The number of nitrogens with one attached hydrogen (secondary N) is 1. The van der Waals surface area contributed by atoms with Gasteiger partial charge in [-0.15, -0.1) is 11.3 Å². The summed E-state index contributed by atoms with van der Waals surface area (Å²) in [5.74, 6) is -0.124. The highest BCUT2D eigenvalue weighted by Gasteiger charge is 2.48. The maximum absolute atomic E-state index is 13.6. The molecule has 1 fully saturated rings. The molecule has 1 unspecified atom stereocenters. The predicted octanol–water partition coefficient (Wildman–Crippen LogP) is 4.87. The van der Waals surface area contributed by atoms with Crippen LogP contribution in [0.3, 0.4) is 0 Å². The van der Waals surface area contributed by atoms with Gasteiger partial charge >= 0.3 is 0 Å². The van der Waals surface area contributed by atoms with Gasteiger partial charge in [0.1, 0.15) is 16.1 Å². The highest BCUT2D eigenvalue weighted by atomic mass is 35.5. The fourth-order valence-electron chi connectivity index (χ4n) is 4.91. The van der Waals surface area contributed by atoms with Gasteiger partial charge < -0.3 is 14.8 Å². The Morgan fingerprint density at radius 3 is 2.71 bits per heavy atom. The summed E-state index contributed by atoms with van der Waals surface area (Å²) >= 11 is 7.63. The molecule has 31 heavy (non-hydrogen) atoms. The standard InChI is InChI=1S/C24H26ClN3O2S/c1-24(23(30)26-19-4-2-3-5-19)15-27-20(14-17-11-13-31-22(17)27)21(29)28(24)12-10-16-6-8-18(25)9-7-16/h6-9,11,13-14,19H,2-5,10,12,15H2,1H3,(H,26,30). The smallest absolute Gasteiger partial charge is 0.271 e. The van der Waals surface area contributed by atoms with Crippen molar-refractivity contribution in [2.75, 3.05) is 6.54 Å². The zero-order valence-electron chi connectivity index (χ0n) is 17.6. The minimum Gasteiger partial charge on any atom is -0.351 e. The van der Waals surface area contributed by atoms with Crippen LogP contribution in [0, 0.1) is 0 Å². The van der Waals surface area contributed by atoms with E-state index >= 15 is 0 Å². The summed E-state index contributed by atoms with van der Waals surface area (Å²) in [5.41, 5.74) is 0.830. The maximum Gasteiger partial charge on any atom is 0.271 e. The molecule has 2 amide bonds. The Morgan fingerprint density at radius 2 is 1.97 bits per heavy atom. The number of carbonyl (C=O) groups is 2. The van der Waals surface area contributed by atoms with Crippen molar-refractivity contribution in [2.45, 2.75) is 57.2 Å². The fourth-order valence-corrected chi connectivity index (χ4v) is 5.93. The van der Waals surface area contributed by atoms with Gasteiger partial charge in [0.2, 0.25) is 5.91 Å². The first kappa shape index (κ1) is 20.6. The molecular formula is C24H26ClN3O2S. The van der Waals surface area contributed by atoms with Crippen LogP contribution in [0.1, 0.15) is 48.7 Å². The average Bonchev–Trinajstić information content (AvgIpc) is 3.48. The fraction of sp³-hybridized carbons (Fsp3) is 0.417. The average molecular weight is 456 g/mol. The van der Waals surface area contributed by atoms with Crippen molar-refractivity contribution in [1.29, 1.82) is 0 Å². The predicted molar refractivity (Wildman–Crippen MR) is 125 cm³/mol. The number of benzene rings is 1. The molecular weight excluding hydrogens is 430 g/mol. The zero-order valence-corrected chi connectivity index (χ0v) is 19.1. The summed E-state index contributed by atoms with van der Waals surface area (Å²) in [6.07, 6.45) is 5.01. The van der Waals surface area contributed by atoms with E-state index < -0.39 is 5.54 Å². The van der Waals surface area contributed by atoms with E-state index in [1.54, 1.807) is 16.2 Å². The van der Waals surface area contributed by atoms with Crippen LogP contribution in [0.2, 0.25) is 5.02 Å². The van der Waals surface area contributed by atoms with Crippen molar-refractivity contribution >= 4 is 45.0 Å². The number of hydrogen-bond acceptors (Lipinski definition) is 3. The van der Waals surface area contributed by atoms with Gasteiger partial charge in [-0.2, -0.15) is 0 Å². The summed E-state index contributed by atoms with van der Waals surface area (Å²) in [4.78, 5) is 30.0. The first-order valence-electron chi connectivity index (χ1n) is 10.9. The molecule has 0 radical (unpaired) electrons. The quantitative estimate of drug-likeness (QED) is 0.596. The molecule has 1 saturated carbocycles. The number of aromatic nitrogens is 1. The molecule has 0 spiro atoms. The molecule has 0 saturated heterocycles. The molecule has 1 aliphatic carbocycles. The first-order chi connectivity index (χ1) is 15.0. The van der Waals surface area contributed by atoms with Crippen LogP contribution in [-0.4, -0.2) is 39.4 Å². The number of rotatable bonds is 5. The van der Waals surface area contributed by atoms with E-state index in [4.69, 9.17) is 11.6 Å². The summed E-state index contributed by atoms with van der Waals surface area (Å²) in [7, 11) is 0. The van der Waals surface area contributed by atoms with Gasteiger partial charge in [-0.1, -0.05) is 36.6 Å². The molecule has 2 aliphatic rings. The lowest BCUT2D eigenvalue weighted by molar-refractivity contribution is -0.133. The van der Waals surface area contributed by atoms with Crippen molar-refractivity contribution in [3.8, 4) is 0 Å². The number of fused-ring (bicyclic) bond motifs is 3. The molecule has 3 aromatic rings. The molecule has 0 bridgehead atoms. The molecule has 1 atom stereocenters.